The van der Waals surface area contributed by atoms with Crippen molar-refractivity contribution >= 4 is 39.1 Å². The van der Waals surface area contributed by atoms with Gasteiger partial charge in [0.25, 0.3) is 5.91 Å². The number of nitrogens with one attached hydrogen (secondary N) is 1. The molecule has 0 bridgehead atoms. The molecule has 3 N–H and O–H groups in total. The highest BCUT2D eigenvalue weighted by atomic mass is 79.9. The molecule has 1 amide bonds. The van der Waals surface area contributed by atoms with E-state index in [4.69, 9.17) is 17.3 Å². The highest BCUT2D eigenvalue weighted by Gasteiger charge is 2.10. The first kappa shape index (κ1) is 14.1. The van der Waals surface area contributed by atoms with Crippen molar-refractivity contribution < 1.29 is 4.79 Å². The number of rotatable bonds is 3. The summed E-state index contributed by atoms with van der Waals surface area (Å²) in [7, 11) is 0. The SMILES string of the molecule is NCc1cccc(NC(=O)c2ccc(Br)cc2Cl)c1. The molecule has 0 saturated heterocycles. The predicted molar refractivity (Wildman–Crippen MR) is 81.4 cm³/mol. The maximum Gasteiger partial charge on any atom is 0.257 e. The molecule has 0 aliphatic carbocycles. The van der Waals surface area contributed by atoms with Gasteiger partial charge in [0, 0.05) is 16.7 Å². The summed E-state index contributed by atoms with van der Waals surface area (Å²) in [6.45, 7) is 0.433. The molecule has 0 atom stereocenters. The number of benzene rings is 2. The average Bonchev–Trinajstić information content (AvgIpc) is 2.38. The fourth-order valence-corrected chi connectivity index (χ4v) is 2.41. The van der Waals surface area contributed by atoms with Crippen LogP contribution >= 0.6 is 27.5 Å². The van der Waals surface area contributed by atoms with Gasteiger partial charge >= 0.3 is 0 Å². The number of anilines is 1. The van der Waals surface area contributed by atoms with E-state index in [0.717, 1.165) is 10.0 Å². The zero-order chi connectivity index (χ0) is 13.8. The molecule has 98 valence electrons. The van der Waals surface area contributed by atoms with Gasteiger partial charge in [-0.15, -0.1) is 0 Å². The summed E-state index contributed by atoms with van der Waals surface area (Å²) in [5.74, 6) is -0.244. The third-order valence-electron chi connectivity index (χ3n) is 2.60. The van der Waals surface area contributed by atoms with Crippen LogP contribution in [0.1, 0.15) is 15.9 Å². The number of hydrogen-bond donors (Lipinski definition) is 2. The molecule has 0 aromatic heterocycles. The molecule has 2 rings (SSSR count). The van der Waals surface area contributed by atoms with Gasteiger partial charge < -0.3 is 11.1 Å². The third-order valence-corrected chi connectivity index (χ3v) is 3.40. The van der Waals surface area contributed by atoms with E-state index in [1.54, 1.807) is 18.2 Å². The zero-order valence-electron chi connectivity index (χ0n) is 9.99. The van der Waals surface area contributed by atoms with Gasteiger partial charge in [0.1, 0.15) is 0 Å². The Bertz CT molecular complexity index is 616. The van der Waals surface area contributed by atoms with Crippen molar-refractivity contribution in [2.24, 2.45) is 5.73 Å². The third kappa shape index (κ3) is 3.56. The summed E-state index contributed by atoms with van der Waals surface area (Å²) < 4.78 is 0.833. The maximum atomic E-state index is 12.1. The summed E-state index contributed by atoms with van der Waals surface area (Å²) in [5.41, 5.74) is 7.65. The standard InChI is InChI=1S/C14H12BrClN2O/c15-10-4-5-12(13(16)7-10)14(19)18-11-3-1-2-9(6-11)8-17/h1-7H,8,17H2,(H,18,19). The number of nitrogens with two attached hydrogens (primary N) is 1. The Kier molecular flexibility index (Phi) is 4.58. The molecule has 0 aliphatic heterocycles. The Labute approximate surface area is 124 Å². The van der Waals surface area contributed by atoms with Crippen LogP contribution in [0, 0.1) is 0 Å². The monoisotopic (exact) mass is 338 g/mol. The summed E-state index contributed by atoms with van der Waals surface area (Å²) in [5, 5.41) is 3.20. The zero-order valence-corrected chi connectivity index (χ0v) is 12.3. The van der Waals surface area contributed by atoms with Gasteiger partial charge in [0.2, 0.25) is 0 Å². The molecule has 0 aliphatic rings. The second-order valence-corrected chi connectivity index (χ2v) is 5.31. The molecule has 0 unspecified atom stereocenters. The highest BCUT2D eigenvalue weighted by Crippen LogP contribution is 2.22. The number of hydrogen-bond acceptors (Lipinski definition) is 2. The van der Waals surface area contributed by atoms with Crippen LogP contribution in [0.2, 0.25) is 5.02 Å². The summed E-state index contributed by atoms with van der Waals surface area (Å²) >= 11 is 9.34. The van der Waals surface area contributed by atoms with Crippen molar-refractivity contribution in [1.82, 2.24) is 0 Å². The first-order valence-electron chi connectivity index (χ1n) is 5.65. The van der Waals surface area contributed by atoms with Gasteiger partial charge in [-0.2, -0.15) is 0 Å². The number of carbonyl (C=O) groups is 1. The second kappa shape index (κ2) is 6.19. The van der Waals surface area contributed by atoms with E-state index in [1.165, 1.54) is 0 Å². The van der Waals surface area contributed by atoms with Crippen molar-refractivity contribution in [2.45, 2.75) is 6.54 Å². The van der Waals surface area contributed by atoms with E-state index in [-0.39, 0.29) is 5.91 Å². The van der Waals surface area contributed by atoms with Crippen LogP contribution in [0.25, 0.3) is 0 Å². The predicted octanol–water partition coefficient (Wildman–Crippen LogP) is 3.81. The normalized spacial score (nSPS) is 10.3. The van der Waals surface area contributed by atoms with Gasteiger partial charge in [0.05, 0.1) is 10.6 Å². The minimum absolute atomic E-state index is 0.244. The van der Waals surface area contributed by atoms with E-state index >= 15 is 0 Å². The van der Waals surface area contributed by atoms with Crippen molar-refractivity contribution in [3.8, 4) is 0 Å². The van der Waals surface area contributed by atoms with E-state index in [1.807, 2.05) is 24.3 Å². The number of carbonyl (C=O) groups excluding carboxylic acids is 1. The molecule has 0 saturated carbocycles. The molecule has 0 radical (unpaired) electrons. The van der Waals surface area contributed by atoms with Crippen LogP contribution in [-0.2, 0) is 6.54 Å². The Morgan fingerprint density at radius 1 is 1.26 bits per heavy atom. The molecule has 2 aromatic rings. The van der Waals surface area contributed by atoms with Crippen molar-refractivity contribution in [1.29, 1.82) is 0 Å². The lowest BCUT2D eigenvalue weighted by Gasteiger charge is -2.08. The number of halogens is 2. The molecule has 19 heavy (non-hydrogen) atoms. The largest absolute Gasteiger partial charge is 0.326 e. The molecule has 0 spiro atoms. The molecule has 0 heterocycles. The highest BCUT2D eigenvalue weighted by molar-refractivity contribution is 9.10. The molecule has 2 aromatic carbocycles. The van der Waals surface area contributed by atoms with E-state index < -0.39 is 0 Å². The van der Waals surface area contributed by atoms with Crippen molar-refractivity contribution in [3.05, 3.63) is 63.1 Å². The lowest BCUT2D eigenvalue weighted by atomic mass is 10.1. The van der Waals surface area contributed by atoms with Gasteiger partial charge in [-0.1, -0.05) is 39.7 Å². The van der Waals surface area contributed by atoms with E-state index in [2.05, 4.69) is 21.2 Å². The smallest absolute Gasteiger partial charge is 0.257 e. The Hall–Kier alpha value is -1.36. The molecule has 3 nitrogen and oxygen atoms in total. The molecular formula is C14H12BrClN2O. The van der Waals surface area contributed by atoms with Crippen molar-refractivity contribution in [2.75, 3.05) is 5.32 Å². The Morgan fingerprint density at radius 2 is 2.05 bits per heavy atom. The molecular weight excluding hydrogens is 328 g/mol. The topological polar surface area (TPSA) is 55.1 Å². The maximum absolute atomic E-state index is 12.1. The van der Waals surface area contributed by atoms with Crippen LogP contribution in [0.4, 0.5) is 5.69 Å². The summed E-state index contributed by atoms with van der Waals surface area (Å²) in [6.07, 6.45) is 0. The second-order valence-electron chi connectivity index (χ2n) is 3.98. The van der Waals surface area contributed by atoms with Gasteiger partial charge in [0.15, 0.2) is 0 Å². The van der Waals surface area contributed by atoms with Gasteiger partial charge in [-0.05, 0) is 35.9 Å². The minimum Gasteiger partial charge on any atom is -0.326 e. The quantitative estimate of drug-likeness (QED) is 0.893. The van der Waals surface area contributed by atoms with Crippen LogP contribution in [0.3, 0.4) is 0 Å². The van der Waals surface area contributed by atoms with Gasteiger partial charge in [-0.3, -0.25) is 4.79 Å². The average molecular weight is 340 g/mol. The Balaban J connectivity index is 2.20. The van der Waals surface area contributed by atoms with E-state index in [9.17, 15) is 4.79 Å². The lowest BCUT2D eigenvalue weighted by Crippen LogP contribution is -2.12. The van der Waals surface area contributed by atoms with Crippen LogP contribution in [0.5, 0.6) is 0 Å². The lowest BCUT2D eigenvalue weighted by molar-refractivity contribution is 0.102. The van der Waals surface area contributed by atoms with Crippen LogP contribution in [0.15, 0.2) is 46.9 Å². The molecule has 0 fully saturated rings. The minimum atomic E-state index is -0.244. The summed E-state index contributed by atoms with van der Waals surface area (Å²) in [6, 6.07) is 12.5. The summed E-state index contributed by atoms with van der Waals surface area (Å²) in [4.78, 5) is 12.1. The first-order valence-corrected chi connectivity index (χ1v) is 6.82. The first-order chi connectivity index (χ1) is 9.10. The van der Waals surface area contributed by atoms with Gasteiger partial charge in [-0.25, -0.2) is 0 Å². The molecule has 5 heteroatoms. The van der Waals surface area contributed by atoms with Crippen LogP contribution < -0.4 is 11.1 Å². The fourth-order valence-electron chi connectivity index (χ4n) is 1.65. The van der Waals surface area contributed by atoms with E-state index in [0.29, 0.717) is 22.8 Å². The van der Waals surface area contributed by atoms with Crippen LogP contribution in [-0.4, -0.2) is 5.91 Å². The fraction of sp³-hybridized carbons (Fsp3) is 0.0714. The Morgan fingerprint density at radius 3 is 2.74 bits per heavy atom. The van der Waals surface area contributed by atoms with Crippen molar-refractivity contribution in [3.63, 3.8) is 0 Å². The number of amides is 1.